The molecule has 0 saturated carbocycles. The van der Waals surface area contributed by atoms with Gasteiger partial charge in [-0.25, -0.2) is 9.59 Å². The van der Waals surface area contributed by atoms with Crippen molar-refractivity contribution in [2.45, 2.75) is 0 Å². The third-order valence-electron chi connectivity index (χ3n) is 2.20. The fourth-order valence-electron chi connectivity index (χ4n) is 1.34. The Balaban J connectivity index is 2.20. The van der Waals surface area contributed by atoms with Gasteiger partial charge in [-0.2, -0.15) is 5.21 Å². The Bertz CT molecular complexity index is 622. The quantitative estimate of drug-likeness (QED) is 0.617. The van der Waals surface area contributed by atoms with Crippen LogP contribution in [0.25, 0.3) is 0 Å². The number of nitrogens with one attached hydrogen (secondary N) is 1. The van der Waals surface area contributed by atoms with Crippen molar-refractivity contribution in [2.24, 2.45) is 0 Å². The summed E-state index contributed by atoms with van der Waals surface area (Å²) in [6.45, 7) is 0. The van der Waals surface area contributed by atoms with Crippen LogP contribution < -0.4 is 9.47 Å². The number of benzene rings is 1. The molecule has 0 bridgehead atoms. The van der Waals surface area contributed by atoms with E-state index in [2.05, 4.69) is 15.4 Å². The van der Waals surface area contributed by atoms with Crippen molar-refractivity contribution in [3.63, 3.8) is 0 Å². The van der Waals surface area contributed by atoms with Crippen molar-refractivity contribution in [3.8, 4) is 11.5 Å². The SMILES string of the molecule is COc1cccc(OC(=O)c2n[nH]nc2C(=O)O)c1. The Hall–Kier alpha value is -2.90. The van der Waals surface area contributed by atoms with Crippen molar-refractivity contribution < 1.29 is 24.2 Å². The van der Waals surface area contributed by atoms with Gasteiger partial charge in [0, 0.05) is 6.07 Å². The molecule has 0 unspecified atom stereocenters. The maximum atomic E-state index is 11.8. The second-order valence-corrected chi connectivity index (χ2v) is 3.39. The first-order valence-corrected chi connectivity index (χ1v) is 5.12. The number of aromatic carboxylic acids is 1. The van der Waals surface area contributed by atoms with Gasteiger partial charge in [0.1, 0.15) is 11.5 Å². The van der Waals surface area contributed by atoms with Crippen molar-refractivity contribution in [1.82, 2.24) is 15.4 Å². The van der Waals surface area contributed by atoms with E-state index in [1.54, 1.807) is 12.1 Å². The number of nitrogens with zero attached hydrogens (tertiary/aromatic N) is 2. The van der Waals surface area contributed by atoms with E-state index in [1.807, 2.05) is 0 Å². The summed E-state index contributed by atoms with van der Waals surface area (Å²) < 4.78 is 9.96. The molecule has 0 saturated heterocycles. The lowest BCUT2D eigenvalue weighted by Gasteiger charge is -2.04. The van der Waals surface area contributed by atoms with Gasteiger partial charge in [-0.1, -0.05) is 6.07 Å². The first-order valence-electron chi connectivity index (χ1n) is 5.12. The van der Waals surface area contributed by atoms with E-state index in [0.29, 0.717) is 5.75 Å². The molecule has 2 N–H and O–H groups in total. The van der Waals surface area contributed by atoms with Gasteiger partial charge in [-0.05, 0) is 12.1 Å². The van der Waals surface area contributed by atoms with Gasteiger partial charge in [0.2, 0.25) is 11.4 Å². The normalized spacial score (nSPS) is 9.95. The highest BCUT2D eigenvalue weighted by Crippen LogP contribution is 2.20. The molecule has 8 nitrogen and oxygen atoms in total. The molecule has 2 aromatic rings. The summed E-state index contributed by atoms with van der Waals surface area (Å²) in [5.41, 5.74) is -0.886. The third kappa shape index (κ3) is 2.68. The summed E-state index contributed by atoms with van der Waals surface area (Å²) in [7, 11) is 1.47. The number of carbonyl (C=O) groups is 2. The molecule has 1 aromatic heterocycles. The summed E-state index contributed by atoms with van der Waals surface area (Å²) >= 11 is 0. The number of aromatic amines is 1. The Morgan fingerprint density at radius 1 is 1.21 bits per heavy atom. The molecule has 19 heavy (non-hydrogen) atoms. The van der Waals surface area contributed by atoms with E-state index in [-0.39, 0.29) is 5.75 Å². The minimum Gasteiger partial charge on any atom is -0.497 e. The van der Waals surface area contributed by atoms with Crippen molar-refractivity contribution in [3.05, 3.63) is 35.7 Å². The van der Waals surface area contributed by atoms with Crippen LogP contribution in [0.2, 0.25) is 0 Å². The molecule has 0 fully saturated rings. The number of carboxylic acid groups (broad SMARTS) is 1. The van der Waals surface area contributed by atoms with Crippen LogP contribution in [0.1, 0.15) is 21.0 Å². The van der Waals surface area contributed by atoms with Crippen LogP contribution in [-0.4, -0.2) is 39.6 Å². The highest BCUT2D eigenvalue weighted by atomic mass is 16.5. The number of H-pyrrole nitrogens is 1. The molecular formula is C11H9N3O5. The lowest BCUT2D eigenvalue weighted by Crippen LogP contribution is -2.14. The van der Waals surface area contributed by atoms with Gasteiger partial charge in [-0.15, -0.1) is 10.2 Å². The first-order chi connectivity index (χ1) is 9.11. The standard InChI is InChI=1S/C11H9N3O5/c1-18-6-3-2-4-7(5-6)19-11(17)9-8(10(15)16)12-14-13-9/h2-5H,1H3,(H,15,16)(H,12,13,14). The number of rotatable bonds is 4. The topological polar surface area (TPSA) is 114 Å². The molecule has 8 heteroatoms. The van der Waals surface area contributed by atoms with Gasteiger partial charge >= 0.3 is 11.9 Å². The molecule has 0 radical (unpaired) electrons. The third-order valence-corrected chi connectivity index (χ3v) is 2.20. The van der Waals surface area contributed by atoms with Crippen LogP contribution in [0.4, 0.5) is 0 Å². The Kier molecular flexibility index (Phi) is 3.42. The van der Waals surface area contributed by atoms with E-state index in [9.17, 15) is 9.59 Å². The van der Waals surface area contributed by atoms with E-state index < -0.39 is 23.3 Å². The predicted octanol–water partition coefficient (Wildman–Crippen LogP) is 0.731. The van der Waals surface area contributed by atoms with Crippen LogP contribution in [0.15, 0.2) is 24.3 Å². The molecule has 0 spiro atoms. The number of hydrogen-bond acceptors (Lipinski definition) is 6. The van der Waals surface area contributed by atoms with Gasteiger partial charge in [0.05, 0.1) is 7.11 Å². The molecule has 1 heterocycles. The number of esters is 1. The van der Waals surface area contributed by atoms with Crippen LogP contribution in [0.3, 0.4) is 0 Å². The predicted molar refractivity (Wildman–Crippen MR) is 61.3 cm³/mol. The Morgan fingerprint density at radius 3 is 2.58 bits per heavy atom. The van der Waals surface area contributed by atoms with Crippen molar-refractivity contribution in [1.29, 1.82) is 0 Å². The average molecular weight is 263 g/mol. The molecule has 2 rings (SSSR count). The smallest absolute Gasteiger partial charge is 0.366 e. The first kappa shape index (κ1) is 12.6. The van der Waals surface area contributed by atoms with Crippen LogP contribution in [0.5, 0.6) is 11.5 Å². The van der Waals surface area contributed by atoms with Crippen LogP contribution in [0, 0.1) is 0 Å². The molecule has 0 atom stereocenters. The highest BCUT2D eigenvalue weighted by Gasteiger charge is 2.23. The number of carbonyl (C=O) groups excluding carboxylic acids is 1. The molecule has 0 aliphatic rings. The summed E-state index contributed by atoms with van der Waals surface area (Å²) in [5.74, 6) is -1.57. The van der Waals surface area contributed by atoms with Crippen LogP contribution in [-0.2, 0) is 0 Å². The number of aromatic nitrogens is 3. The maximum absolute atomic E-state index is 11.8. The van der Waals surface area contributed by atoms with Crippen molar-refractivity contribution >= 4 is 11.9 Å². The zero-order valence-corrected chi connectivity index (χ0v) is 9.78. The number of ether oxygens (including phenoxy) is 2. The van der Waals surface area contributed by atoms with Crippen LogP contribution >= 0.6 is 0 Å². The fourth-order valence-corrected chi connectivity index (χ4v) is 1.34. The summed E-state index contributed by atoms with van der Waals surface area (Å²) in [4.78, 5) is 22.5. The van der Waals surface area contributed by atoms with E-state index in [4.69, 9.17) is 14.6 Å². The van der Waals surface area contributed by atoms with Gasteiger partial charge in [-0.3, -0.25) is 0 Å². The van der Waals surface area contributed by atoms with Gasteiger partial charge < -0.3 is 14.6 Å². The molecule has 0 aliphatic heterocycles. The summed E-state index contributed by atoms with van der Waals surface area (Å²) in [6, 6.07) is 6.32. The molecule has 0 aliphatic carbocycles. The van der Waals surface area contributed by atoms with E-state index >= 15 is 0 Å². The maximum Gasteiger partial charge on any atom is 0.366 e. The lowest BCUT2D eigenvalue weighted by atomic mass is 10.3. The average Bonchev–Trinajstić information content (AvgIpc) is 2.88. The minimum absolute atomic E-state index is 0.212. The minimum atomic E-state index is -1.37. The molecule has 0 amide bonds. The Labute approximate surface area is 107 Å². The zero-order valence-electron chi connectivity index (χ0n) is 9.78. The largest absolute Gasteiger partial charge is 0.497 e. The van der Waals surface area contributed by atoms with Crippen molar-refractivity contribution in [2.75, 3.05) is 7.11 Å². The number of hydrogen-bond donors (Lipinski definition) is 2. The zero-order chi connectivity index (χ0) is 13.8. The highest BCUT2D eigenvalue weighted by molar-refractivity contribution is 6.00. The fraction of sp³-hybridized carbons (Fsp3) is 0.0909. The second-order valence-electron chi connectivity index (χ2n) is 3.39. The number of methoxy groups -OCH3 is 1. The Morgan fingerprint density at radius 2 is 1.89 bits per heavy atom. The van der Waals surface area contributed by atoms with E-state index in [1.165, 1.54) is 19.2 Å². The molecular weight excluding hydrogens is 254 g/mol. The number of carboxylic acids is 1. The van der Waals surface area contributed by atoms with E-state index in [0.717, 1.165) is 0 Å². The lowest BCUT2D eigenvalue weighted by molar-refractivity contribution is 0.0661. The molecule has 98 valence electrons. The summed E-state index contributed by atoms with van der Waals surface area (Å²) in [6.07, 6.45) is 0. The summed E-state index contributed by atoms with van der Waals surface area (Å²) in [5, 5.41) is 17.7. The molecule has 1 aromatic carbocycles. The second kappa shape index (κ2) is 5.17. The van der Waals surface area contributed by atoms with Gasteiger partial charge in [0.15, 0.2) is 0 Å². The van der Waals surface area contributed by atoms with Gasteiger partial charge in [0.25, 0.3) is 0 Å². The monoisotopic (exact) mass is 263 g/mol.